The molecular formula is C20H16BrF3N2O3. The molecule has 0 fully saturated rings. The van der Waals surface area contributed by atoms with Crippen molar-refractivity contribution >= 4 is 21.7 Å². The smallest absolute Gasteiger partial charge is 0.406 e. The van der Waals surface area contributed by atoms with Gasteiger partial charge in [-0.15, -0.1) is 13.2 Å². The zero-order valence-electron chi connectivity index (χ0n) is 15.2. The van der Waals surface area contributed by atoms with Gasteiger partial charge in [0.2, 0.25) is 0 Å². The Balaban J connectivity index is 1.90. The Kier molecular flexibility index (Phi) is 6.09. The number of carbonyl (C=O) groups is 1. The molecule has 0 amide bonds. The zero-order chi connectivity index (χ0) is 21.2. The maximum Gasteiger partial charge on any atom is 0.573 e. The summed E-state index contributed by atoms with van der Waals surface area (Å²) in [5.41, 5.74) is 1.73. The van der Waals surface area contributed by atoms with E-state index in [1.807, 2.05) is 13.0 Å². The van der Waals surface area contributed by atoms with Crippen molar-refractivity contribution in [1.82, 2.24) is 9.78 Å². The Bertz CT molecular complexity index is 1020. The molecule has 0 spiro atoms. The molecule has 152 valence electrons. The van der Waals surface area contributed by atoms with Gasteiger partial charge in [-0.1, -0.05) is 22.9 Å². The quantitative estimate of drug-likeness (QED) is 0.516. The molecule has 0 aliphatic heterocycles. The number of hydrogen-bond acceptors (Lipinski definition) is 4. The number of ether oxygens (including phenoxy) is 1. The summed E-state index contributed by atoms with van der Waals surface area (Å²) in [6, 6.07) is 11.3. The first-order chi connectivity index (χ1) is 13.7. The maximum absolute atomic E-state index is 12.7. The minimum atomic E-state index is -4.82. The van der Waals surface area contributed by atoms with Crippen LogP contribution in [0.25, 0.3) is 5.69 Å². The third kappa shape index (κ3) is 5.04. The van der Waals surface area contributed by atoms with E-state index in [0.717, 1.165) is 24.2 Å². The van der Waals surface area contributed by atoms with Crippen molar-refractivity contribution in [2.24, 2.45) is 0 Å². The molecule has 0 saturated heterocycles. The van der Waals surface area contributed by atoms with Crippen LogP contribution in [0.5, 0.6) is 5.75 Å². The van der Waals surface area contributed by atoms with Crippen LogP contribution < -0.4 is 4.74 Å². The molecule has 1 heterocycles. The highest BCUT2D eigenvalue weighted by Crippen LogP contribution is 2.29. The van der Waals surface area contributed by atoms with Crippen LogP contribution in [-0.2, 0) is 6.42 Å². The molecule has 0 aliphatic rings. The SMILES string of the molecule is CCc1ccn(-c2ccc(Br)cc2C(O)C(=O)c2ccc(OC(F)(F)F)cc2)n1. The number of alkyl halides is 3. The number of nitrogens with zero attached hydrogens (tertiary/aromatic N) is 2. The van der Waals surface area contributed by atoms with E-state index in [1.165, 1.54) is 12.1 Å². The van der Waals surface area contributed by atoms with Crippen molar-refractivity contribution in [3.05, 3.63) is 76.0 Å². The second kappa shape index (κ2) is 8.38. The van der Waals surface area contributed by atoms with Crippen molar-refractivity contribution in [2.45, 2.75) is 25.8 Å². The monoisotopic (exact) mass is 468 g/mol. The average molecular weight is 469 g/mol. The topological polar surface area (TPSA) is 64.4 Å². The first kappa shape index (κ1) is 21.1. The molecule has 1 atom stereocenters. The maximum atomic E-state index is 12.7. The Hall–Kier alpha value is -2.65. The van der Waals surface area contributed by atoms with Gasteiger partial charge in [0.05, 0.1) is 11.4 Å². The molecule has 0 saturated carbocycles. The lowest BCUT2D eigenvalue weighted by Gasteiger charge is -2.16. The Morgan fingerprint density at radius 3 is 2.48 bits per heavy atom. The van der Waals surface area contributed by atoms with E-state index in [9.17, 15) is 23.1 Å². The molecule has 3 aromatic rings. The number of Topliss-reactive ketones (excluding diaryl/α,β-unsaturated/α-hetero) is 1. The lowest BCUT2D eigenvalue weighted by Crippen LogP contribution is -2.17. The van der Waals surface area contributed by atoms with Gasteiger partial charge in [0.1, 0.15) is 11.9 Å². The summed E-state index contributed by atoms with van der Waals surface area (Å²) in [6.07, 6.45) is -3.90. The fourth-order valence-corrected chi connectivity index (χ4v) is 3.14. The van der Waals surface area contributed by atoms with Crippen molar-refractivity contribution < 1.29 is 27.8 Å². The molecular weight excluding hydrogens is 453 g/mol. The molecule has 0 radical (unpaired) electrons. The van der Waals surface area contributed by atoms with Gasteiger partial charge >= 0.3 is 6.36 Å². The molecule has 1 unspecified atom stereocenters. The summed E-state index contributed by atoms with van der Waals surface area (Å²) < 4.78 is 42.9. The molecule has 3 rings (SSSR count). The Labute approximate surface area is 172 Å². The van der Waals surface area contributed by atoms with Crippen LogP contribution >= 0.6 is 15.9 Å². The molecule has 1 N–H and O–H groups in total. The molecule has 5 nitrogen and oxygen atoms in total. The molecule has 9 heteroatoms. The minimum Gasteiger partial charge on any atom is -0.406 e. The van der Waals surface area contributed by atoms with E-state index in [-0.39, 0.29) is 5.56 Å². The van der Waals surface area contributed by atoms with Crippen LogP contribution in [-0.4, -0.2) is 27.0 Å². The lowest BCUT2D eigenvalue weighted by atomic mass is 9.98. The Morgan fingerprint density at radius 1 is 1.21 bits per heavy atom. The third-order valence-corrected chi connectivity index (χ3v) is 4.65. The van der Waals surface area contributed by atoms with Crippen LogP contribution in [0, 0.1) is 0 Å². The van der Waals surface area contributed by atoms with Crippen molar-refractivity contribution in [3.63, 3.8) is 0 Å². The largest absolute Gasteiger partial charge is 0.573 e. The first-order valence-corrected chi connectivity index (χ1v) is 9.39. The fourth-order valence-electron chi connectivity index (χ4n) is 2.76. The number of hydrogen-bond donors (Lipinski definition) is 1. The van der Waals surface area contributed by atoms with Crippen LogP contribution in [0.1, 0.15) is 34.6 Å². The van der Waals surface area contributed by atoms with E-state index in [1.54, 1.807) is 29.1 Å². The van der Waals surface area contributed by atoms with E-state index in [4.69, 9.17) is 0 Å². The highest BCUT2D eigenvalue weighted by molar-refractivity contribution is 9.10. The number of ketones is 1. The normalized spacial score (nSPS) is 12.6. The van der Waals surface area contributed by atoms with Gasteiger partial charge in [0, 0.05) is 21.8 Å². The number of halogens is 4. The summed E-state index contributed by atoms with van der Waals surface area (Å²) in [7, 11) is 0. The summed E-state index contributed by atoms with van der Waals surface area (Å²) in [5.74, 6) is -1.11. The summed E-state index contributed by atoms with van der Waals surface area (Å²) in [5, 5.41) is 15.1. The van der Waals surface area contributed by atoms with Crippen LogP contribution in [0.4, 0.5) is 13.2 Å². The van der Waals surface area contributed by atoms with Crippen molar-refractivity contribution in [2.75, 3.05) is 0 Å². The average Bonchev–Trinajstić information content (AvgIpc) is 3.15. The number of aromatic nitrogens is 2. The highest BCUT2D eigenvalue weighted by atomic mass is 79.9. The second-order valence-corrected chi connectivity index (χ2v) is 7.06. The number of rotatable bonds is 6. The third-order valence-electron chi connectivity index (χ3n) is 4.16. The predicted molar refractivity (Wildman–Crippen MR) is 103 cm³/mol. The van der Waals surface area contributed by atoms with Gasteiger partial charge in [-0.2, -0.15) is 5.10 Å². The number of aliphatic hydroxyl groups excluding tert-OH is 1. The number of carbonyl (C=O) groups excluding carboxylic acids is 1. The van der Waals surface area contributed by atoms with Gasteiger partial charge in [-0.3, -0.25) is 4.79 Å². The molecule has 1 aromatic heterocycles. The summed E-state index contributed by atoms with van der Waals surface area (Å²) >= 11 is 3.32. The number of aryl methyl sites for hydroxylation is 1. The predicted octanol–water partition coefficient (Wildman–Crippen LogP) is 5.01. The number of benzene rings is 2. The van der Waals surface area contributed by atoms with Crippen molar-refractivity contribution in [1.29, 1.82) is 0 Å². The fraction of sp³-hybridized carbons (Fsp3) is 0.200. The van der Waals surface area contributed by atoms with E-state index >= 15 is 0 Å². The van der Waals surface area contributed by atoms with Crippen LogP contribution in [0.2, 0.25) is 0 Å². The summed E-state index contributed by atoms with van der Waals surface area (Å²) in [6.45, 7) is 1.96. The van der Waals surface area contributed by atoms with E-state index in [2.05, 4.69) is 25.8 Å². The lowest BCUT2D eigenvalue weighted by molar-refractivity contribution is -0.274. The minimum absolute atomic E-state index is 0.0488. The van der Waals surface area contributed by atoms with E-state index < -0.39 is 24.0 Å². The Morgan fingerprint density at radius 2 is 1.90 bits per heavy atom. The van der Waals surface area contributed by atoms with Gasteiger partial charge in [-0.05, 0) is 55.0 Å². The molecule has 0 bridgehead atoms. The van der Waals surface area contributed by atoms with Crippen LogP contribution in [0.3, 0.4) is 0 Å². The van der Waals surface area contributed by atoms with Gasteiger partial charge < -0.3 is 9.84 Å². The standard InChI is InChI=1S/C20H16BrF3N2O3/c1-2-14-9-10-26(25-14)17-8-5-13(21)11-16(17)19(28)18(27)12-3-6-15(7-4-12)29-20(22,23)24/h3-11,19,28H,2H2,1H3. The van der Waals surface area contributed by atoms with Gasteiger partial charge in [-0.25, -0.2) is 4.68 Å². The number of aliphatic hydroxyl groups is 1. The molecule has 29 heavy (non-hydrogen) atoms. The molecule has 0 aliphatic carbocycles. The molecule has 2 aromatic carbocycles. The second-order valence-electron chi connectivity index (χ2n) is 6.15. The highest BCUT2D eigenvalue weighted by Gasteiger charge is 2.31. The van der Waals surface area contributed by atoms with Gasteiger partial charge in [0.15, 0.2) is 5.78 Å². The van der Waals surface area contributed by atoms with Gasteiger partial charge in [0.25, 0.3) is 0 Å². The van der Waals surface area contributed by atoms with Crippen molar-refractivity contribution in [3.8, 4) is 11.4 Å². The zero-order valence-corrected chi connectivity index (χ0v) is 16.7. The van der Waals surface area contributed by atoms with Crippen LogP contribution in [0.15, 0.2) is 59.2 Å². The first-order valence-electron chi connectivity index (χ1n) is 8.60. The summed E-state index contributed by atoms with van der Waals surface area (Å²) in [4.78, 5) is 12.7. The van der Waals surface area contributed by atoms with E-state index in [0.29, 0.717) is 15.7 Å².